The highest BCUT2D eigenvalue weighted by atomic mass is 16.5. The Balaban J connectivity index is 2.58. The Bertz CT molecular complexity index is 878. The molecular formula is C23H26O5. The maximum Gasteiger partial charge on any atom is 0.339 e. The van der Waals surface area contributed by atoms with Crippen LogP contribution in [0, 0.1) is 0 Å². The highest BCUT2D eigenvalue weighted by Gasteiger charge is 2.25. The average molecular weight is 382 g/mol. The van der Waals surface area contributed by atoms with Crippen LogP contribution in [0.2, 0.25) is 0 Å². The molecule has 0 bridgehead atoms. The molecule has 0 saturated heterocycles. The Kier molecular flexibility index (Phi) is 7.38. The van der Waals surface area contributed by atoms with Crippen LogP contribution < -0.4 is 9.47 Å². The lowest BCUT2D eigenvalue weighted by atomic mass is 9.94. The number of ether oxygens (including phenoxy) is 2. The molecule has 1 N–H and O–H groups in total. The van der Waals surface area contributed by atoms with Gasteiger partial charge in [-0.2, -0.15) is 0 Å². The molecule has 0 aliphatic rings. The van der Waals surface area contributed by atoms with E-state index in [2.05, 4.69) is 0 Å². The lowest BCUT2D eigenvalue weighted by Crippen LogP contribution is -2.14. The normalized spacial score (nSPS) is 10.3. The van der Waals surface area contributed by atoms with Gasteiger partial charge in [0, 0.05) is 12.5 Å². The molecular weight excluding hydrogens is 356 g/mol. The summed E-state index contributed by atoms with van der Waals surface area (Å²) < 4.78 is 10.9. The molecule has 0 aliphatic carbocycles. The summed E-state index contributed by atoms with van der Waals surface area (Å²) in [5.74, 6) is -1.11. The zero-order chi connectivity index (χ0) is 20.7. The summed E-state index contributed by atoms with van der Waals surface area (Å²) in [6, 6.07) is 11.6. The molecule has 0 aliphatic heterocycles. The molecule has 2 aromatic rings. The summed E-state index contributed by atoms with van der Waals surface area (Å²) in [6.45, 7) is 5.16. The van der Waals surface area contributed by atoms with E-state index in [9.17, 15) is 14.7 Å². The van der Waals surface area contributed by atoms with Crippen molar-refractivity contribution >= 4 is 11.9 Å². The summed E-state index contributed by atoms with van der Waals surface area (Å²) in [7, 11) is 1.53. The second kappa shape index (κ2) is 9.74. The first-order valence-electron chi connectivity index (χ1n) is 9.15. The quantitative estimate of drug-likeness (QED) is 0.410. The van der Waals surface area contributed by atoms with Crippen LogP contribution in [0.1, 0.15) is 47.8 Å². The molecule has 28 heavy (non-hydrogen) atoms. The van der Waals surface area contributed by atoms with Crippen LogP contribution in [-0.4, -0.2) is 24.2 Å². The Morgan fingerprint density at radius 1 is 1.07 bits per heavy atom. The second-order valence-electron chi connectivity index (χ2n) is 6.79. The minimum atomic E-state index is -1.12. The van der Waals surface area contributed by atoms with Crippen LogP contribution in [0.15, 0.2) is 48.0 Å². The molecule has 0 fully saturated rings. The third kappa shape index (κ3) is 5.46. The lowest BCUT2D eigenvalue weighted by molar-refractivity contribution is -0.131. The number of aryl methyl sites for hydroxylation is 2. The van der Waals surface area contributed by atoms with Crippen LogP contribution in [0.25, 0.3) is 0 Å². The van der Waals surface area contributed by atoms with Crippen molar-refractivity contribution in [3.63, 3.8) is 0 Å². The van der Waals surface area contributed by atoms with E-state index in [0.717, 1.165) is 11.1 Å². The number of carbonyl (C=O) groups excluding carboxylic acids is 1. The van der Waals surface area contributed by atoms with Crippen molar-refractivity contribution in [2.75, 3.05) is 7.11 Å². The molecule has 0 unspecified atom stereocenters. The van der Waals surface area contributed by atoms with E-state index in [-0.39, 0.29) is 11.3 Å². The van der Waals surface area contributed by atoms with Crippen LogP contribution >= 0.6 is 0 Å². The maximum atomic E-state index is 12.1. The number of carboxylic acid groups (broad SMARTS) is 1. The van der Waals surface area contributed by atoms with Gasteiger partial charge >= 0.3 is 11.9 Å². The van der Waals surface area contributed by atoms with Crippen LogP contribution in [-0.2, 0) is 24.1 Å². The van der Waals surface area contributed by atoms with Gasteiger partial charge in [-0.25, -0.2) is 4.79 Å². The number of rotatable bonds is 8. The van der Waals surface area contributed by atoms with Gasteiger partial charge in [-0.05, 0) is 50.3 Å². The van der Waals surface area contributed by atoms with Crippen molar-refractivity contribution in [3.8, 4) is 11.5 Å². The number of carboxylic acids is 1. The van der Waals surface area contributed by atoms with Crippen LogP contribution in [0.3, 0.4) is 0 Å². The summed E-state index contributed by atoms with van der Waals surface area (Å²) >= 11 is 0. The monoisotopic (exact) mass is 382 g/mol. The number of hydrogen-bond donors (Lipinski definition) is 1. The fourth-order valence-electron chi connectivity index (χ4n) is 3.02. The number of allylic oxidation sites excluding steroid dienone is 2. The Labute approximate surface area is 165 Å². The molecule has 5 nitrogen and oxygen atoms in total. The number of benzene rings is 2. The molecule has 0 atom stereocenters. The largest absolute Gasteiger partial charge is 0.496 e. The summed E-state index contributed by atoms with van der Waals surface area (Å²) in [5.41, 5.74) is 3.32. The van der Waals surface area contributed by atoms with E-state index >= 15 is 0 Å². The topological polar surface area (TPSA) is 72.8 Å². The molecule has 0 saturated carbocycles. The summed E-state index contributed by atoms with van der Waals surface area (Å²) in [4.78, 5) is 23.8. The summed E-state index contributed by atoms with van der Waals surface area (Å²) in [6.07, 6.45) is 3.50. The molecule has 0 amide bonds. The van der Waals surface area contributed by atoms with Crippen molar-refractivity contribution in [2.45, 2.75) is 40.0 Å². The van der Waals surface area contributed by atoms with Crippen molar-refractivity contribution < 1.29 is 24.2 Å². The van der Waals surface area contributed by atoms with E-state index in [4.69, 9.17) is 9.47 Å². The van der Waals surface area contributed by atoms with Crippen LogP contribution in [0.4, 0.5) is 0 Å². The first-order chi connectivity index (χ1) is 13.3. The van der Waals surface area contributed by atoms with Gasteiger partial charge in [0.25, 0.3) is 0 Å². The van der Waals surface area contributed by atoms with E-state index < -0.39 is 11.9 Å². The number of methoxy groups -OCH3 is 1. The highest BCUT2D eigenvalue weighted by molar-refractivity contribution is 5.95. The van der Waals surface area contributed by atoms with Gasteiger partial charge in [0.1, 0.15) is 11.3 Å². The van der Waals surface area contributed by atoms with Crippen molar-refractivity contribution in [2.24, 2.45) is 0 Å². The number of esters is 1. The Morgan fingerprint density at radius 2 is 1.75 bits per heavy atom. The minimum absolute atomic E-state index is 0.0177. The molecule has 0 heterocycles. The standard InChI is InChI=1S/C23H26O5/c1-15(2)10-13-19-20(27-4)14-18(12-11-17-8-6-5-7-9-17)21(23(25)26)22(19)28-16(3)24/h5-10,14H,11-13H2,1-4H3,(H,25,26). The minimum Gasteiger partial charge on any atom is -0.496 e. The van der Waals surface area contributed by atoms with Gasteiger partial charge in [0.15, 0.2) is 5.75 Å². The highest BCUT2D eigenvalue weighted by Crippen LogP contribution is 2.37. The maximum absolute atomic E-state index is 12.1. The average Bonchev–Trinajstić information content (AvgIpc) is 2.64. The van der Waals surface area contributed by atoms with Gasteiger partial charge in [0.05, 0.1) is 7.11 Å². The van der Waals surface area contributed by atoms with E-state index in [1.54, 1.807) is 6.07 Å². The van der Waals surface area contributed by atoms with Gasteiger partial charge in [-0.15, -0.1) is 0 Å². The molecule has 0 radical (unpaired) electrons. The van der Waals surface area contributed by atoms with E-state index in [1.165, 1.54) is 14.0 Å². The number of carbonyl (C=O) groups is 2. The fourth-order valence-corrected chi connectivity index (χ4v) is 3.02. The zero-order valence-electron chi connectivity index (χ0n) is 16.7. The molecule has 2 rings (SSSR count). The smallest absolute Gasteiger partial charge is 0.339 e. The Morgan fingerprint density at radius 3 is 2.29 bits per heavy atom. The molecule has 5 heteroatoms. The third-order valence-electron chi connectivity index (χ3n) is 4.34. The Hall–Kier alpha value is -3.08. The van der Waals surface area contributed by atoms with Crippen molar-refractivity contribution in [1.29, 1.82) is 0 Å². The third-order valence-corrected chi connectivity index (χ3v) is 4.34. The van der Waals surface area contributed by atoms with E-state index in [0.29, 0.717) is 36.1 Å². The number of aromatic carboxylic acids is 1. The first kappa shape index (κ1) is 21.2. The van der Waals surface area contributed by atoms with Crippen molar-refractivity contribution in [3.05, 3.63) is 70.3 Å². The molecule has 0 spiro atoms. The predicted molar refractivity (Wildman–Crippen MR) is 108 cm³/mol. The van der Waals surface area contributed by atoms with E-state index in [1.807, 2.05) is 50.3 Å². The SMILES string of the molecule is COc1cc(CCc2ccccc2)c(C(=O)O)c(OC(C)=O)c1CC=C(C)C. The van der Waals surface area contributed by atoms with Gasteiger partial charge in [-0.3, -0.25) is 4.79 Å². The molecule has 2 aromatic carbocycles. The summed E-state index contributed by atoms with van der Waals surface area (Å²) in [5, 5.41) is 9.87. The zero-order valence-corrected chi connectivity index (χ0v) is 16.7. The first-order valence-corrected chi connectivity index (χ1v) is 9.15. The lowest BCUT2D eigenvalue weighted by Gasteiger charge is -2.18. The molecule has 0 aromatic heterocycles. The van der Waals surface area contributed by atoms with Gasteiger partial charge in [0.2, 0.25) is 0 Å². The molecule has 148 valence electrons. The van der Waals surface area contributed by atoms with Gasteiger partial charge in [-0.1, -0.05) is 42.0 Å². The van der Waals surface area contributed by atoms with Crippen molar-refractivity contribution in [1.82, 2.24) is 0 Å². The fraction of sp³-hybridized carbons (Fsp3) is 0.304. The predicted octanol–water partition coefficient (Wildman–Crippen LogP) is 4.61. The number of hydrogen-bond acceptors (Lipinski definition) is 4. The van der Waals surface area contributed by atoms with Crippen LogP contribution in [0.5, 0.6) is 11.5 Å². The van der Waals surface area contributed by atoms with Gasteiger partial charge < -0.3 is 14.6 Å². The second-order valence-corrected chi connectivity index (χ2v) is 6.79.